The number of sulfonamides is 1. The van der Waals surface area contributed by atoms with Crippen molar-refractivity contribution in [1.82, 2.24) is 0 Å². The van der Waals surface area contributed by atoms with Crippen molar-refractivity contribution >= 4 is 15.7 Å². The van der Waals surface area contributed by atoms with Crippen molar-refractivity contribution in [2.45, 2.75) is 18.7 Å². The van der Waals surface area contributed by atoms with E-state index in [-0.39, 0.29) is 10.6 Å². The number of hydrogen-bond acceptors (Lipinski definition) is 3. The summed E-state index contributed by atoms with van der Waals surface area (Å²) in [6, 6.07) is 10.1. The van der Waals surface area contributed by atoms with Crippen molar-refractivity contribution < 1.29 is 12.8 Å². The van der Waals surface area contributed by atoms with Gasteiger partial charge in [0, 0.05) is 0 Å². The Kier molecular flexibility index (Phi) is 3.96. The SMILES string of the molecule is Cc1cc(S(=O)(=O)Nc2cc(F)ccc2C)ccc1C#N. The van der Waals surface area contributed by atoms with Crippen molar-refractivity contribution in [3.63, 3.8) is 0 Å². The second-order valence-corrected chi connectivity index (χ2v) is 6.34. The minimum atomic E-state index is -3.83. The van der Waals surface area contributed by atoms with Gasteiger partial charge in [0.25, 0.3) is 10.0 Å². The molecule has 108 valence electrons. The van der Waals surface area contributed by atoms with Gasteiger partial charge in [0.05, 0.1) is 22.2 Å². The predicted octanol–water partition coefficient (Wildman–Crippen LogP) is 3.12. The summed E-state index contributed by atoms with van der Waals surface area (Å²) in [5.74, 6) is -0.519. The maximum atomic E-state index is 13.2. The number of aryl methyl sites for hydroxylation is 2. The van der Waals surface area contributed by atoms with E-state index in [1.807, 2.05) is 6.07 Å². The minimum Gasteiger partial charge on any atom is -0.279 e. The highest BCUT2D eigenvalue weighted by atomic mass is 32.2. The molecule has 0 fully saturated rings. The van der Waals surface area contributed by atoms with Gasteiger partial charge in [0.15, 0.2) is 0 Å². The van der Waals surface area contributed by atoms with Crippen LogP contribution in [0.2, 0.25) is 0 Å². The quantitative estimate of drug-likeness (QED) is 0.947. The first-order valence-electron chi connectivity index (χ1n) is 6.13. The summed E-state index contributed by atoms with van der Waals surface area (Å²) in [5.41, 5.74) is 1.79. The van der Waals surface area contributed by atoms with Crippen molar-refractivity contribution in [2.24, 2.45) is 0 Å². The maximum Gasteiger partial charge on any atom is 0.261 e. The van der Waals surface area contributed by atoms with Gasteiger partial charge >= 0.3 is 0 Å². The van der Waals surface area contributed by atoms with Gasteiger partial charge in [0.2, 0.25) is 0 Å². The zero-order valence-electron chi connectivity index (χ0n) is 11.5. The molecule has 21 heavy (non-hydrogen) atoms. The molecule has 0 aliphatic heterocycles. The smallest absolute Gasteiger partial charge is 0.261 e. The van der Waals surface area contributed by atoms with E-state index in [1.54, 1.807) is 13.8 Å². The van der Waals surface area contributed by atoms with E-state index in [4.69, 9.17) is 5.26 Å². The van der Waals surface area contributed by atoms with Crippen molar-refractivity contribution in [1.29, 1.82) is 5.26 Å². The van der Waals surface area contributed by atoms with Gasteiger partial charge in [-0.2, -0.15) is 5.26 Å². The van der Waals surface area contributed by atoms with Gasteiger partial charge in [-0.15, -0.1) is 0 Å². The fourth-order valence-electron chi connectivity index (χ4n) is 1.84. The number of benzene rings is 2. The summed E-state index contributed by atoms with van der Waals surface area (Å²) in [4.78, 5) is 0.0302. The third kappa shape index (κ3) is 3.20. The summed E-state index contributed by atoms with van der Waals surface area (Å²) in [6.07, 6.45) is 0. The highest BCUT2D eigenvalue weighted by Crippen LogP contribution is 2.22. The maximum absolute atomic E-state index is 13.2. The van der Waals surface area contributed by atoms with E-state index >= 15 is 0 Å². The monoisotopic (exact) mass is 304 g/mol. The summed E-state index contributed by atoms with van der Waals surface area (Å²) < 4.78 is 40.2. The van der Waals surface area contributed by atoms with Gasteiger partial charge < -0.3 is 0 Å². The number of hydrogen-bond donors (Lipinski definition) is 1. The molecule has 0 saturated carbocycles. The van der Waals surface area contributed by atoms with Crippen LogP contribution in [-0.2, 0) is 10.0 Å². The first-order chi connectivity index (χ1) is 9.83. The predicted molar refractivity (Wildman–Crippen MR) is 77.8 cm³/mol. The van der Waals surface area contributed by atoms with Crippen LogP contribution in [0, 0.1) is 31.0 Å². The van der Waals surface area contributed by atoms with E-state index in [9.17, 15) is 12.8 Å². The molecule has 1 N–H and O–H groups in total. The zero-order valence-corrected chi connectivity index (χ0v) is 12.3. The van der Waals surface area contributed by atoms with E-state index in [1.165, 1.54) is 30.3 Å². The molecule has 0 heterocycles. The lowest BCUT2D eigenvalue weighted by atomic mass is 10.1. The normalized spacial score (nSPS) is 11.0. The van der Waals surface area contributed by atoms with Crippen LogP contribution in [0.1, 0.15) is 16.7 Å². The van der Waals surface area contributed by atoms with Crippen molar-refractivity contribution in [3.05, 3.63) is 58.9 Å². The molecule has 0 aromatic heterocycles. The standard InChI is InChI=1S/C15H13FN2O2S/c1-10-3-5-13(16)8-15(10)18-21(19,20)14-6-4-12(9-17)11(2)7-14/h3-8,18H,1-2H3. The molecule has 0 radical (unpaired) electrons. The first-order valence-corrected chi connectivity index (χ1v) is 7.61. The molecule has 0 unspecified atom stereocenters. The number of nitrogens with one attached hydrogen (secondary N) is 1. The highest BCUT2D eigenvalue weighted by Gasteiger charge is 2.16. The molecule has 0 spiro atoms. The fourth-order valence-corrected chi connectivity index (χ4v) is 3.04. The lowest BCUT2D eigenvalue weighted by Gasteiger charge is -2.11. The topological polar surface area (TPSA) is 70.0 Å². The van der Waals surface area contributed by atoms with Crippen LogP contribution in [0.25, 0.3) is 0 Å². The van der Waals surface area contributed by atoms with Crippen molar-refractivity contribution in [3.8, 4) is 6.07 Å². The van der Waals surface area contributed by atoms with Crippen LogP contribution >= 0.6 is 0 Å². The Hall–Kier alpha value is -2.39. The summed E-state index contributed by atoms with van der Waals surface area (Å²) >= 11 is 0. The molecule has 0 aliphatic carbocycles. The van der Waals surface area contributed by atoms with Gasteiger partial charge in [-0.3, -0.25) is 4.72 Å². The molecule has 4 nitrogen and oxygen atoms in total. The average molecular weight is 304 g/mol. The molecule has 2 aromatic rings. The van der Waals surface area contributed by atoms with E-state index in [0.29, 0.717) is 16.7 Å². The van der Waals surface area contributed by atoms with Gasteiger partial charge in [0.1, 0.15) is 5.82 Å². The summed E-state index contributed by atoms with van der Waals surface area (Å²) in [7, 11) is -3.83. The molecule has 0 saturated heterocycles. The van der Waals surface area contributed by atoms with Crippen LogP contribution in [0.4, 0.5) is 10.1 Å². The van der Waals surface area contributed by atoms with Crippen molar-refractivity contribution in [2.75, 3.05) is 4.72 Å². The number of rotatable bonds is 3. The number of anilines is 1. The van der Waals surface area contributed by atoms with Gasteiger partial charge in [-0.1, -0.05) is 6.07 Å². The Balaban J connectivity index is 2.41. The lowest BCUT2D eigenvalue weighted by molar-refractivity contribution is 0.601. The van der Waals surface area contributed by atoms with Crippen LogP contribution in [-0.4, -0.2) is 8.42 Å². The van der Waals surface area contributed by atoms with E-state index in [0.717, 1.165) is 6.07 Å². The molecule has 2 rings (SSSR count). The number of nitriles is 1. The molecule has 0 amide bonds. The van der Waals surface area contributed by atoms with Crippen LogP contribution in [0.15, 0.2) is 41.3 Å². The Morgan fingerprint density at radius 2 is 1.81 bits per heavy atom. The molecule has 2 aromatic carbocycles. The fraction of sp³-hybridized carbons (Fsp3) is 0.133. The van der Waals surface area contributed by atoms with Gasteiger partial charge in [-0.25, -0.2) is 12.8 Å². The van der Waals surface area contributed by atoms with E-state index < -0.39 is 15.8 Å². The summed E-state index contributed by atoms with van der Waals surface area (Å²) in [5, 5.41) is 8.86. The minimum absolute atomic E-state index is 0.0302. The molecule has 0 aliphatic rings. The van der Waals surface area contributed by atoms with E-state index in [2.05, 4.69) is 4.72 Å². The molecular formula is C15H13FN2O2S. The van der Waals surface area contributed by atoms with Crippen LogP contribution < -0.4 is 4.72 Å². The van der Waals surface area contributed by atoms with Gasteiger partial charge in [-0.05, 0) is 55.3 Å². The molecule has 0 atom stereocenters. The summed E-state index contributed by atoms with van der Waals surface area (Å²) in [6.45, 7) is 3.34. The van der Waals surface area contributed by atoms with Crippen LogP contribution in [0.5, 0.6) is 0 Å². The third-order valence-corrected chi connectivity index (χ3v) is 4.44. The lowest BCUT2D eigenvalue weighted by Crippen LogP contribution is -2.14. The Morgan fingerprint density at radius 1 is 1.10 bits per heavy atom. The van der Waals surface area contributed by atoms with Crippen LogP contribution in [0.3, 0.4) is 0 Å². The number of halogens is 1. The Morgan fingerprint density at radius 3 is 2.43 bits per heavy atom. The average Bonchev–Trinajstić information content (AvgIpc) is 2.42. The molecular weight excluding hydrogens is 291 g/mol. The first kappa shape index (κ1) is 15.0. The molecule has 6 heteroatoms. The number of nitrogens with zero attached hydrogens (tertiary/aromatic N) is 1. The third-order valence-electron chi connectivity index (χ3n) is 3.07. The second-order valence-electron chi connectivity index (χ2n) is 4.65. The highest BCUT2D eigenvalue weighted by molar-refractivity contribution is 7.92. The largest absolute Gasteiger partial charge is 0.279 e. The second kappa shape index (κ2) is 5.54. The molecule has 0 bridgehead atoms. The zero-order chi connectivity index (χ0) is 15.6. The Bertz CT molecular complexity index is 839. The Labute approximate surface area is 122 Å².